The Kier molecular flexibility index (Phi) is 3.22. The monoisotopic (exact) mass is 273 g/mol. The van der Waals surface area contributed by atoms with Crippen LogP contribution in [0.3, 0.4) is 0 Å². The van der Waals surface area contributed by atoms with Gasteiger partial charge in [-0.2, -0.15) is 0 Å². The lowest BCUT2D eigenvalue weighted by Crippen LogP contribution is -2.28. The zero-order valence-electron chi connectivity index (χ0n) is 11.1. The Hall–Kier alpha value is -2.23. The summed E-state index contributed by atoms with van der Waals surface area (Å²) in [5.41, 5.74) is 1.72. The largest absolute Gasteiger partial charge is 0.505 e. The number of benzene rings is 2. The van der Waals surface area contributed by atoms with E-state index in [0.717, 1.165) is 11.3 Å². The Morgan fingerprint density at radius 2 is 2.05 bits per heavy atom. The van der Waals surface area contributed by atoms with Crippen LogP contribution in [0.5, 0.6) is 11.5 Å². The number of nitrogens with one attached hydrogen (secondary N) is 1. The number of hydrogen-bond acceptors (Lipinski definition) is 3. The van der Waals surface area contributed by atoms with E-state index in [-0.39, 0.29) is 17.7 Å². The van der Waals surface area contributed by atoms with Crippen LogP contribution in [0.15, 0.2) is 42.5 Å². The molecule has 2 aromatic carbocycles. The SMILES string of the molecule is CC1COc2ccccc2C1Nc1ccc(O)c(F)c1. The first-order valence-electron chi connectivity index (χ1n) is 6.62. The van der Waals surface area contributed by atoms with Gasteiger partial charge in [0.1, 0.15) is 5.75 Å². The number of anilines is 1. The first kappa shape index (κ1) is 12.8. The van der Waals surface area contributed by atoms with Crippen molar-refractivity contribution >= 4 is 5.69 Å². The lowest BCUT2D eigenvalue weighted by molar-refractivity contribution is 0.214. The molecule has 104 valence electrons. The van der Waals surface area contributed by atoms with Crippen LogP contribution in [0.1, 0.15) is 18.5 Å². The van der Waals surface area contributed by atoms with Gasteiger partial charge in [0, 0.05) is 23.2 Å². The lowest BCUT2D eigenvalue weighted by atomic mass is 9.92. The number of phenols is 1. The van der Waals surface area contributed by atoms with Crippen molar-refractivity contribution in [2.24, 2.45) is 5.92 Å². The maximum atomic E-state index is 13.4. The maximum Gasteiger partial charge on any atom is 0.166 e. The molecule has 2 unspecified atom stereocenters. The van der Waals surface area contributed by atoms with Crippen molar-refractivity contribution < 1.29 is 14.2 Å². The normalized spacial score (nSPS) is 20.9. The summed E-state index contributed by atoms with van der Waals surface area (Å²) in [5.74, 6) is 0.170. The molecule has 20 heavy (non-hydrogen) atoms. The molecule has 2 atom stereocenters. The van der Waals surface area contributed by atoms with Crippen LogP contribution < -0.4 is 10.1 Å². The van der Waals surface area contributed by atoms with Gasteiger partial charge >= 0.3 is 0 Å². The fourth-order valence-corrected chi connectivity index (χ4v) is 2.49. The molecule has 2 aromatic rings. The number of para-hydroxylation sites is 1. The molecule has 0 aliphatic carbocycles. The van der Waals surface area contributed by atoms with Crippen LogP contribution in [0.2, 0.25) is 0 Å². The molecule has 3 rings (SSSR count). The van der Waals surface area contributed by atoms with Crippen molar-refractivity contribution in [2.75, 3.05) is 11.9 Å². The van der Waals surface area contributed by atoms with Crippen molar-refractivity contribution in [3.63, 3.8) is 0 Å². The Morgan fingerprint density at radius 3 is 2.85 bits per heavy atom. The van der Waals surface area contributed by atoms with Gasteiger partial charge in [0.05, 0.1) is 12.6 Å². The van der Waals surface area contributed by atoms with Gasteiger partial charge in [-0.15, -0.1) is 0 Å². The minimum atomic E-state index is -0.622. The predicted molar refractivity (Wildman–Crippen MR) is 75.5 cm³/mol. The van der Waals surface area contributed by atoms with Crippen LogP contribution >= 0.6 is 0 Å². The summed E-state index contributed by atoms with van der Waals surface area (Å²) < 4.78 is 19.1. The average Bonchev–Trinajstić information content (AvgIpc) is 2.46. The third kappa shape index (κ3) is 2.29. The van der Waals surface area contributed by atoms with E-state index in [0.29, 0.717) is 12.3 Å². The van der Waals surface area contributed by atoms with Crippen LogP contribution in [0, 0.1) is 11.7 Å². The highest BCUT2D eigenvalue weighted by Crippen LogP contribution is 2.37. The molecule has 1 heterocycles. The topological polar surface area (TPSA) is 41.5 Å². The third-order valence-corrected chi connectivity index (χ3v) is 3.59. The summed E-state index contributed by atoms with van der Waals surface area (Å²) in [7, 11) is 0. The lowest BCUT2D eigenvalue weighted by Gasteiger charge is -2.32. The molecular weight excluding hydrogens is 257 g/mol. The highest BCUT2D eigenvalue weighted by molar-refractivity contribution is 5.51. The van der Waals surface area contributed by atoms with E-state index < -0.39 is 5.82 Å². The Labute approximate surface area is 117 Å². The summed E-state index contributed by atoms with van der Waals surface area (Å²) in [5, 5.41) is 12.6. The molecule has 1 aliphatic rings. The standard InChI is InChI=1S/C16H16FNO2/c1-10-9-20-15-5-3-2-4-12(15)16(10)18-11-6-7-14(19)13(17)8-11/h2-8,10,16,18-19H,9H2,1H3. The van der Waals surface area contributed by atoms with Crippen molar-refractivity contribution in [3.05, 3.63) is 53.8 Å². The zero-order valence-corrected chi connectivity index (χ0v) is 11.1. The van der Waals surface area contributed by atoms with Gasteiger partial charge in [-0.1, -0.05) is 25.1 Å². The number of hydrogen-bond donors (Lipinski definition) is 2. The molecular formula is C16H16FNO2. The molecule has 0 spiro atoms. The van der Waals surface area contributed by atoms with Gasteiger partial charge < -0.3 is 15.2 Å². The summed E-state index contributed by atoms with van der Waals surface area (Å²) >= 11 is 0. The Bertz CT molecular complexity index is 630. The number of halogens is 1. The molecule has 0 amide bonds. The van der Waals surface area contributed by atoms with Crippen molar-refractivity contribution in [3.8, 4) is 11.5 Å². The fourth-order valence-electron chi connectivity index (χ4n) is 2.49. The van der Waals surface area contributed by atoms with Gasteiger partial charge in [0.15, 0.2) is 11.6 Å². The smallest absolute Gasteiger partial charge is 0.166 e. The number of fused-ring (bicyclic) bond motifs is 1. The molecule has 2 N–H and O–H groups in total. The van der Waals surface area contributed by atoms with E-state index in [9.17, 15) is 9.50 Å². The van der Waals surface area contributed by atoms with Crippen LogP contribution in [-0.4, -0.2) is 11.7 Å². The van der Waals surface area contributed by atoms with Crippen molar-refractivity contribution in [1.82, 2.24) is 0 Å². The summed E-state index contributed by atoms with van der Waals surface area (Å²) in [6.07, 6.45) is 0. The Balaban J connectivity index is 1.91. The van der Waals surface area contributed by atoms with E-state index in [2.05, 4.69) is 12.2 Å². The second kappa shape index (κ2) is 5.04. The summed E-state index contributed by atoms with van der Waals surface area (Å²) in [6.45, 7) is 2.71. The molecule has 0 saturated heterocycles. The molecule has 0 aromatic heterocycles. The minimum absolute atomic E-state index is 0.0592. The van der Waals surface area contributed by atoms with E-state index in [4.69, 9.17) is 4.74 Å². The summed E-state index contributed by atoms with van der Waals surface area (Å²) in [6, 6.07) is 12.2. The van der Waals surface area contributed by atoms with Gasteiger partial charge in [0.2, 0.25) is 0 Å². The molecule has 1 aliphatic heterocycles. The first-order valence-corrected chi connectivity index (χ1v) is 6.62. The first-order chi connectivity index (χ1) is 9.65. The molecule has 0 fully saturated rings. The number of aromatic hydroxyl groups is 1. The highest BCUT2D eigenvalue weighted by atomic mass is 19.1. The molecule has 4 heteroatoms. The summed E-state index contributed by atoms with van der Waals surface area (Å²) in [4.78, 5) is 0. The number of ether oxygens (including phenoxy) is 1. The number of rotatable bonds is 2. The molecule has 0 saturated carbocycles. The van der Waals surface area contributed by atoms with Gasteiger partial charge in [-0.05, 0) is 18.2 Å². The van der Waals surface area contributed by atoms with E-state index in [1.807, 2.05) is 24.3 Å². The van der Waals surface area contributed by atoms with E-state index in [1.54, 1.807) is 6.07 Å². The van der Waals surface area contributed by atoms with Gasteiger partial charge in [0.25, 0.3) is 0 Å². The van der Waals surface area contributed by atoms with Crippen molar-refractivity contribution in [1.29, 1.82) is 0 Å². The second-order valence-corrected chi connectivity index (χ2v) is 5.11. The number of phenolic OH excluding ortho intramolecular Hbond substituents is 1. The third-order valence-electron chi connectivity index (χ3n) is 3.59. The van der Waals surface area contributed by atoms with Crippen molar-refractivity contribution in [2.45, 2.75) is 13.0 Å². The molecule has 0 bridgehead atoms. The van der Waals surface area contributed by atoms with E-state index >= 15 is 0 Å². The Morgan fingerprint density at radius 1 is 1.25 bits per heavy atom. The minimum Gasteiger partial charge on any atom is -0.505 e. The maximum absolute atomic E-state index is 13.4. The van der Waals surface area contributed by atoms with Gasteiger partial charge in [-0.3, -0.25) is 0 Å². The predicted octanol–water partition coefficient (Wildman–Crippen LogP) is 3.71. The van der Waals surface area contributed by atoms with Crippen LogP contribution in [-0.2, 0) is 0 Å². The zero-order chi connectivity index (χ0) is 14.1. The highest BCUT2D eigenvalue weighted by Gasteiger charge is 2.27. The average molecular weight is 273 g/mol. The van der Waals surface area contributed by atoms with Gasteiger partial charge in [-0.25, -0.2) is 4.39 Å². The molecule has 3 nitrogen and oxygen atoms in total. The van der Waals surface area contributed by atoms with Crippen LogP contribution in [0.25, 0.3) is 0 Å². The van der Waals surface area contributed by atoms with Crippen LogP contribution in [0.4, 0.5) is 10.1 Å². The quantitative estimate of drug-likeness (QED) is 0.819. The fraction of sp³-hybridized carbons (Fsp3) is 0.250. The second-order valence-electron chi connectivity index (χ2n) is 5.11. The van der Waals surface area contributed by atoms with E-state index in [1.165, 1.54) is 12.1 Å². The molecule has 0 radical (unpaired) electrons.